The summed E-state index contributed by atoms with van der Waals surface area (Å²) in [5, 5.41) is 13.4. The fourth-order valence-corrected chi connectivity index (χ4v) is 3.38. The van der Waals surface area contributed by atoms with Crippen LogP contribution in [-0.4, -0.2) is 41.1 Å². The maximum Gasteiger partial charge on any atom is 0.269 e. The summed E-state index contributed by atoms with van der Waals surface area (Å²) < 4.78 is 0. The molecule has 0 atom stereocenters. The highest BCUT2D eigenvalue weighted by molar-refractivity contribution is 5.98. The van der Waals surface area contributed by atoms with Gasteiger partial charge in [-0.15, -0.1) is 0 Å². The summed E-state index contributed by atoms with van der Waals surface area (Å²) in [4.78, 5) is 37.0. The number of hydrogen-bond donors (Lipinski definition) is 1. The smallest absolute Gasteiger partial charge is 0.269 e. The molecule has 0 aromatic heterocycles. The van der Waals surface area contributed by atoms with Gasteiger partial charge in [0.25, 0.3) is 5.69 Å². The number of benzene rings is 2. The highest BCUT2D eigenvalue weighted by Crippen LogP contribution is 2.22. The van der Waals surface area contributed by atoms with Gasteiger partial charge in [-0.05, 0) is 45.0 Å². The van der Waals surface area contributed by atoms with Crippen LogP contribution in [0.2, 0.25) is 0 Å². The first-order valence-corrected chi connectivity index (χ1v) is 9.30. The molecule has 28 heavy (non-hydrogen) atoms. The predicted molar refractivity (Wildman–Crippen MR) is 106 cm³/mol. The molecule has 0 spiro atoms. The number of aryl methyl sites for hydroxylation is 1. The maximum absolute atomic E-state index is 12.6. The first-order chi connectivity index (χ1) is 13.4. The summed E-state index contributed by atoms with van der Waals surface area (Å²) in [7, 11) is 0. The average Bonchev–Trinajstić information content (AvgIpc) is 2.69. The van der Waals surface area contributed by atoms with Crippen LogP contribution in [0.25, 0.3) is 0 Å². The minimum absolute atomic E-state index is 0.00306. The summed E-state index contributed by atoms with van der Waals surface area (Å²) in [6, 6.07) is 13.4. The number of rotatable bonds is 6. The van der Waals surface area contributed by atoms with E-state index >= 15 is 0 Å². The Morgan fingerprint density at radius 2 is 1.68 bits per heavy atom. The van der Waals surface area contributed by atoms with E-state index in [1.807, 2.05) is 36.1 Å². The number of carbonyl (C=O) groups is 2. The van der Waals surface area contributed by atoms with Gasteiger partial charge < -0.3 is 5.32 Å². The molecule has 2 aromatic carbocycles. The monoisotopic (exact) mass is 381 g/mol. The zero-order chi connectivity index (χ0) is 20.1. The van der Waals surface area contributed by atoms with Gasteiger partial charge in [-0.3, -0.25) is 24.6 Å². The predicted octanol–water partition coefficient (Wildman–Crippen LogP) is 3.44. The quantitative estimate of drug-likeness (QED) is 0.470. The maximum atomic E-state index is 12.6. The Morgan fingerprint density at radius 3 is 2.25 bits per heavy atom. The lowest BCUT2D eigenvalue weighted by atomic mass is 9.88. The topological polar surface area (TPSA) is 92.6 Å². The second-order valence-electron chi connectivity index (χ2n) is 7.13. The van der Waals surface area contributed by atoms with Crippen molar-refractivity contribution in [3.05, 3.63) is 69.8 Å². The van der Waals surface area contributed by atoms with Gasteiger partial charge in [0, 0.05) is 29.3 Å². The Balaban J connectivity index is 1.47. The lowest BCUT2D eigenvalue weighted by Crippen LogP contribution is -2.40. The molecule has 0 bridgehead atoms. The van der Waals surface area contributed by atoms with E-state index in [2.05, 4.69) is 5.32 Å². The van der Waals surface area contributed by atoms with Gasteiger partial charge in [-0.25, -0.2) is 0 Å². The Labute approximate surface area is 163 Å². The molecular weight excluding hydrogens is 358 g/mol. The molecule has 1 fully saturated rings. The van der Waals surface area contributed by atoms with Crippen LogP contribution in [0.5, 0.6) is 0 Å². The minimum Gasteiger partial charge on any atom is -0.325 e. The van der Waals surface area contributed by atoms with Crippen molar-refractivity contribution in [2.24, 2.45) is 5.92 Å². The fourth-order valence-electron chi connectivity index (χ4n) is 3.38. The normalized spacial score (nSPS) is 15.2. The van der Waals surface area contributed by atoms with Crippen molar-refractivity contribution >= 4 is 23.1 Å². The van der Waals surface area contributed by atoms with Gasteiger partial charge >= 0.3 is 0 Å². The number of ketones is 1. The lowest BCUT2D eigenvalue weighted by molar-refractivity contribution is -0.384. The second kappa shape index (κ2) is 8.75. The van der Waals surface area contributed by atoms with E-state index in [9.17, 15) is 19.7 Å². The van der Waals surface area contributed by atoms with Crippen LogP contribution in [0.15, 0.2) is 48.5 Å². The van der Waals surface area contributed by atoms with E-state index in [0.717, 1.165) is 24.0 Å². The molecule has 146 valence electrons. The van der Waals surface area contributed by atoms with Gasteiger partial charge in [0.15, 0.2) is 5.78 Å². The van der Waals surface area contributed by atoms with Gasteiger partial charge in [0.1, 0.15) is 0 Å². The Morgan fingerprint density at radius 1 is 1.07 bits per heavy atom. The van der Waals surface area contributed by atoms with Crippen molar-refractivity contribution in [2.45, 2.75) is 19.8 Å². The van der Waals surface area contributed by atoms with Crippen LogP contribution >= 0.6 is 0 Å². The third kappa shape index (κ3) is 5.01. The highest BCUT2D eigenvalue weighted by Gasteiger charge is 2.26. The zero-order valence-corrected chi connectivity index (χ0v) is 15.8. The highest BCUT2D eigenvalue weighted by atomic mass is 16.6. The van der Waals surface area contributed by atoms with Crippen LogP contribution in [-0.2, 0) is 4.79 Å². The first-order valence-electron chi connectivity index (χ1n) is 9.30. The molecule has 1 aliphatic rings. The second-order valence-corrected chi connectivity index (χ2v) is 7.13. The molecule has 1 saturated heterocycles. The summed E-state index contributed by atoms with van der Waals surface area (Å²) in [5.74, 6) is 0.00355. The summed E-state index contributed by atoms with van der Waals surface area (Å²) in [6.07, 6.45) is 1.47. The number of hydrogen-bond acceptors (Lipinski definition) is 5. The summed E-state index contributed by atoms with van der Waals surface area (Å²) in [5.41, 5.74) is 2.39. The molecule has 3 rings (SSSR count). The Kier molecular flexibility index (Phi) is 6.16. The number of Topliss-reactive ketones (excluding diaryl/α,β-unsaturated/α-hetero) is 1. The van der Waals surface area contributed by atoms with Crippen LogP contribution < -0.4 is 5.32 Å². The largest absolute Gasteiger partial charge is 0.325 e. The zero-order valence-electron chi connectivity index (χ0n) is 15.8. The third-order valence-electron chi connectivity index (χ3n) is 5.02. The van der Waals surface area contributed by atoms with E-state index in [1.54, 1.807) is 0 Å². The fraction of sp³-hybridized carbons (Fsp3) is 0.333. The summed E-state index contributed by atoms with van der Waals surface area (Å²) >= 11 is 0. The van der Waals surface area contributed by atoms with E-state index in [0.29, 0.717) is 18.8 Å². The minimum atomic E-state index is -0.479. The number of carbonyl (C=O) groups excluding carboxylic acids is 2. The molecule has 7 heteroatoms. The molecule has 0 aliphatic carbocycles. The third-order valence-corrected chi connectivity index (χ3v) is 5.02. The SMILES string of the molecule is Cc1ccc(C(=O)C2CCN(CC(=O)Nc3ccc([N+](=O)[O-])cc3)CC2)cc1. The molecule has 0 unspecified atom stereocenters. The number of anilines is 1. The van der Waals surface area contributed by atoms with E-state index in [4.69, 9.17) is 0 Å². The van der Waals surface area contributed by atoms with Crippen LogP contribution in [0.1, 0.15) is 28.8 Å². The molecule has 1 N–H and O–H groups in total. The average molecular weight is 381 g/mol. The molecule has 0 saturated carbocycles. The van der Waals surface area contributed by atoms with Crippen LogP contribution in [0, 0.1) is 23.0 Å². The van der Waals surface area contributed by atoms with Gasteiger partial charge in [-0.1, -0.05) is 29.8 Å². The molecule has 1 heterocycles. The van der Waals surface area contributed by atoms with Crippen molar-refractivity contribution < 1.29 is 14.5 Å². The molecule has 2 aromatic rings. The van der Waals surface area contributed by atoms with Crippen molar-refractivity contribution in [1.82, 2.24) is 4.90 Å². The Hall–Kier alpha value is -3.06. The van der Waals surface area contributed by atoms with Gasteiger partial charge in [-0.2, -0.15) is 0 Å². The number of amides is 1. The van der Waals surface area contributed by atoms with Gasteiger partial charge in [0.05, 0.1) is 11.5 Å². The number of nitrogens with zero attached hydrogens (tertiary/aromatic N) is 2. The number of piperidine rings is 1. The summed E-state index contributed by atoms with van der Waals surface area (Å²) in [6.45, 7) is 3.61. The lowest BCUT2D eigenvalue weighted by Gasteiger charge is -2.30. The van der Waals surface area contributed by atoms with E-state index in [-0.39, 0.29) is 29.8 Å². The van der Waals surface area contributed by atoms with Crippen LogP contribution in [0.3, 0.4) is 0 Å². The number of likely N-dealkylation sites (tertiary alicyclic amines) is 1. The molecule has 1 amide bonds. The van der Waals surface area contributed by atoms with Crippen LogP contribution in [0.4, 0.5) is 11.4 Å². The Bertz CT molecular complexity index is 854. The first kappa shape index (κ1) is 19.7. The van der Waals surface area contributed by atoms with Gasteiger partial charge in [0.2, 0.25) is 5.91 Å². The van der Waals surface area contributed by atoms with E-state index in [1.165, 1.54) is 24.3 Å². The molecule has 0 radical (unpaired) electrons. The number of nitrogens with one attached hydrogen (secondary N) is 1. The van der Waals surface area contributed by atoms with Crippen molar-refractivity contribution in [3.63, 3.8) is 0 Å². The number of non-ortho nitro benzene ring substituents is 1. The number of nitro groups is 1. The standard InChI is InChI=1S/C21H23N3O4/c1-15-2-4-16(5-3-15)21(26)17-10-12-23(13-11-17)14-20(25)22-18-6-8-19(9-7-18)24(27)28/h2-9,17H,10-14H2,1H3,(H,22,25). The molecular formula is C21H23N3O4. The number of nitro benzene ring substituents is 1. The van der Waals surface area contributed by atoms with Crippen molar-refractivity contribution in [3.8, 4) is 0 Å². The van der Waals surface area contributed by atoms with E-state index < -0.39 is 4.92 Å². The molecule has 1 aliphatic heterocycles. The molecule has 7 nitrogen and oxygen atoms in total. The van der Waals surface area contributed by atoms with Crippen molar-refractivity contribution in [2.75, 3.05) is 25.0 Å². The van der Waals surface area contributed by atoms with Crippen molar-refractivity contribution in [1.29, 1.82) is 0 Å².